The molecule has 1 aromatic rings. The van der Waals surface area contributed by atoms with Crippen LogP contribution < -0.4 is 0 Å². The zero-order valence-electron chi connectivity index (χ0n) is 13.6. The summed E-state index contributed by atoms with van der Waals surface area (Å²) in [4.78, 5) is 0. The molecule has 2 rings (SSSR count). The van der Waals surface area contributed by atoms with Gasteiger partial charge in [-0.3, -0.25) is 0 Å². The van der Waals surface area contributed by atoms with Gasteiger partial charge in [0.2, 0.25) is 0 Å². The minimum atomic E-state index is 0.515. The predicted octanol–water partition coefficient (Wildman–Crippen LogP) is 6.04. The topological polar surface area (TPSA) is 0 Å². The summed E-state index contributed by atoms with van der Waals surface area (Å²) in [7, 11) is 0. The van der Waals surface area contributed by atoms with E-state index in [2.05, 4.69) is 62.9 Å². The SMILES string of the molecule is C=C(Cc1ccc(CCC)cc1)C1C=CC(CCC)=CC1. The highest BCUT2D eigenvalue weighted by Crippen LogP contribution is 2.26. The van der Waals surface area contributed by atoms with Gasteiger partial charge in [-0.2, -0.15) is 0 Å². The molecule has 0 heterocycles. The first-order valence-corrected chi connectivity index (χ1v) is 8.35. The number of rotatable bonds is 7. The van der Waals surface area contributed by atoms with Crippen molar-refractivity contribution in [3.05, 3.63) is 71.3 Å². The zero-order valence-corrected chi connectivity index (χ0v) is 13.6. The summed E-state index contributed by atoms with van der Waals surface area (Å²) in [6.07, 6.45) is 14.0. The lowest BCUT2D eigenvalue weighted by Gasteiger charge is -2.19. The van der Waals surface area contributed by atoms with Gasteiger partial charge in [0.1, 0.15) is 0 Å². The first kappa shape index (κ1) is 15.8. The molecule has 1 atom stereocenters. The molecule has 1 aliphatic rings. The molecular formula is C21H28. The normalized spacial score (nSPS) is 17.6. The van der Waals surface area contributed by atoms with Crippen LogP contribution in [-0.4, -0.2) is 0 Å². The van der Waals surface area contributed by atoms with Crippen LogP contribution in [0.15, 0.2) is 60.2 Å². The third kappa shape index (κ3) is 4.74. The van der Waals surface area contributed by atoms with E-state index in [4.69, 9.17) is 0 Å². The molecule has 0 saturated carbocycles. The minimum Gasteiger partial charge on any atom is -0.0989 e. The lowest BCUT2D eigenvalue weighted by molar-refractivity contribution is 0.730. The first-order chi connectivity index (χ1) is 10.2. The predicted molar refractivity (Wildman–Crippen MR) is 93.5 cm³/mol. The fraction of sp³-hybridized carbons (Fsp3) is 0.429. The van der Waals surface area contributed by atoms with E-state index >= 15 is 0 Å². The molecule has 1 aromatic carbocycles. The maximum Gasteiger partial charge on any atom is 0.00153 e. The van der Waals surface area contributed by atoms with Gasteiger partial charge in [-0.25, -0.2) is 0 Å². The van der Waals surface area contributed by atoms with Crippen LogP contribution in [0.25, 0.3) is 0 Å². The van der Waals surface area contributed by atoms with Crippen LogP contribution in [0.4, 0.5) is 0 Å². The Balaban J connectivity index is 1.89. The van der Waals surface area contributed by atoms with Crippen molar-refractivity contribution < 1.29 is 0 Å². The summed E-state index contributed by atoms with van der Waals surface area (Å²) in [5.41, 5.74) is 5.65. The molecule has 0 fully saturated rings. The second kappa shape index (κ2) is 8.02. The monoisotopic (exact) mass is 280 g/mol. The van der Waals surface area contributed by atoms with Gasteiger partial charge in [-0.1, -0.05) is 86.9 Å². The largest absolute Gasteiger partial charge is 0.0989 e. The maximum absolute atomic E-state index is 4.32. The van der Waals surface area contributed by atoms with E-state index in [0.717, 1.165) is 12.8 Å². The van der Waals surface area contributed by atoms with Crippen LogP contribution in [0.2, 0.25) is 0 Å². The number of aryl methyl sites for hydroxylation is 1. The van der Waals surface area contributed by atoms with Crippen molar-refractivity contribution in [1.82, 2.24) is 0 Å². The third-order valence-corrected chi connectivity index (χ3v) is 4.23. The van der Waals surface area contributed by atoms with E-state index in [-0.39, 0.29) is 0 Å². The molecule has 0 aromatic heterocycles. The van der Waals surface area contributed by atoms with Crippen LogP contribution in [-0.2, 0) is 12.8 Å². The van der Waals surface area contributed by atoms with E-state index in [9.17, 15) is 0 Å². The van der Waals surface area contributed by atoms with Crippen molar-refractivity contribution in [2.75, 3.05) is 0 Å². The quantitative estimate of drug-likeness (QED) is 0.534. The number of allylic oxidation sites excluding steroid dienone is 5. The van der Waals surface area contributed by atoms with Crippen molar-refractivity contribution in [2.45, 2.75) is 52.4 Å². The van der Waals surface area contributed by atoms with E-state index in [1.165, 1.54) is 48.0 Å². The second-order valence-electron chi connectivity index (χ2n) is 6.13. The Morgan fingerprint density at radius 1 is 1.05 bits per heavy atom. The van der Waals surface area contributed by atoms with Gasteiger partial charge in [-0.15, -0.1) is 0 Å². The molecule has 0 heteroatoms. The Bertz CT molecular complexity index is 513. The van der Waals surface area contributed by atoms with Gasteiger partial charge in [0.25, 0.3) is 0 Å². The van der Waals surface area contributed by atoms with E-state index in [1.807, 2.05) is 0 Å². The van der Waals surface area contributed by atoms with E-state index in [1.54, 1.807) is 0 Å². The van der Waals surface area contributed by atoms with Crippen LogP contribution >= 0.6 is 0 Å². The molecule has 1 unspecified atom stereocenters. The average molecular weight is 280 g/mol. The van der Waals surface area contributed by atoms with Crippen molar-refractivity contribution in [3.63, 3.8) is 0 Å². The Morgan fingerprint density at radius 2 is 1.71 bits per heavy atom. The van der Waals surface area contributed by atoms with Gasteiger partial charge in [0.15, 0.2) is 0 Å². The van der Waals surface area contributed by atoms with Crippen molar-refractivity contribution in [2.24, 2.45) is 5.92 Å². The summed E-state index contributed by atoms with van der Waals surface area (Å²) in [5.74, 6) is 0.515. The first-order valence-electron chi connectivity index (χ1n) is 8.35. The van der Waals surface area contributed by atoms with E-state index < -0.39 is 0 Å². The number of benzene rings is 1. The fourth-order valence-corrected chi connectivity index (χ4v) is 2.95. The Kier molecular flexibility index (Phi) is 6.04. The summed E-state index contributed by atoms with van der Waals surface area (Å²) >= 11 is 0. The molecule has 0 bridgehead atoms. The molecule has 0 nitrogen and oxygen atoms in total. The lowest BCUT2D eigenvalue weighted by Crippen LogP contribution is -2.05. The molecule has 0 saturated heterocycles. The highest BCUT2D eigenvalue weighted by atomic mass is 14.2. The van der Waals surface area contributed by atoms with Crippen LogP contribution in [0, 0.1) is 5.92 Å². The smallest absolute Gasteiger partial charge is 0.00153 e. The van der Waals surface area contributed by atoms with Gasteiger partial charge < -0.3 is 0 Å². The Labute approximate surface area is 130 Å². The minimum absolute atomic E-state index is 0.515. The van der Waals surface area contributed by atoms with Gasteiger partial charge in [-0.05, 0) is 36.8 Å². The van der Waals surface area contributed by atoms with Crippen molar-refractivity contribution in [3.8, 4) is 0 Å². The van der Waals surface area contributed by atoms with Crippen LogP contribution in [0.1, 0.15) is 50.7 Å². The summed E-state index contributed by atoms with van der Waals surface area (Å²) < 4.78 is 0. The Hall–Kier alpha value is -1.56. The second-order valence-corrected chi connectivity index (χ2v) is 6.13. The summed E-state index contributed by atoms with van der Waals surface area (Å²) in [6, 6.07) is 9.06. The molecule has 112 valence electrons. The molecule has 1 aliphatic carbocycles. The van der Waals surface area contributed by atoms with Crippen molar-refractivity contribution in [1.29, 1.82) is 0 Å². The molecule has 0 radical (unpaired) electrons. The van der Waals surface area contributed by atoms with Gasteiger partial charge in [0, 0.05) is 5.92 Å². The lowest BCUT2D eigenvalue weighted by atomic mass is 9.86. The van der Waals surface area contributed by atoms with Gasteiger partial charge in [0.05, 0.1) is 0 Å². The Morgan fingerprint density at radius 3 is 2.29 bits per heavy atom. The highest BCUT2D eigenvalue weighted by Gasteiger charge is 2.12. The summed E-state index contributed by atoms with van der Waals surface area (Å²) in [5, 5.41) is 0. The zero-order chi connectivity index (χ0) is 15.1. The number of hydrogen-bond acceptors (Lipinski definition) is 0. The maximum atomic E-state index is 4.32. The van der Waals surface area contributed by atoms with Crippen molar-refractivity contribution >= 4 is 0 Å². The molecule has 21 heavy (non-hydrogen) atoms. The molecule has 0 amide bonds. The van der Waals surface area contributed by atoms with Crippen LogP contribution in [0.5, 0.6) is 0 Å². The summed E-state index contributed by atoms with van der Waals surface area (Å²) in [6.45, 7) is 8.79. The van der Waals surface area contributed by atoms with Crippen LogP contribution in [0.3, 0.4) is 0 Å². The molecule has 0 spiro atoms. The standard InChI is InChI=1S/C21H28/c1-4-6-18-8-10-20(11-9-18)16-17(3)21-14-12-19(7-5-2)13-15-21/h8-14,21H,3-7,15-16H2,1-2H3. The number of hydrogen-bond donors (Lipinski definition) is 0. The van der Waals surface area contributed by atoms with E-state index in [0.29, 0.717) is 5.92 Å². The molecule has 0 N–H and O–H groups in total. The molecule has 0 aliphatic heterocycles. The fourth-order valence-electron chi connectivity index (χ4n) is 2.95. The average Bonchev–Trinajstić information content (AvgIpc) is 2.50. The molecular weight excluding hydrogens is 252 g/mol. The third-order valence-electron chi connectivity index (χ3n) is 4.23. The highest BCUT2D eigenvalue weighted by molar-refractivity contribution is 5.31. The van der Waals surface area contributed by atoms with Gasteiger partial charge >= 0.3 is 0 Å².